The van der Waals surface area contributed by atoms with Crippen LogP contribution in [0.5, 0.6) is 0 Å². The fourth-order valence-electron chi connectivity index (χ4n) is 2.55. The van der Waals surface area contributed by atoms with E-state index in [1.807, 2.05) is 12.1 Å². The van der Waals surface area contributed by atoms with E-state index in [4.69, 9.17) is 11.6 Å². The smallest absolute Gasteiger partial charge is 0.0494 e. The lowest BCUT2D eigenvalue weighted by atomic mass is 10.1. The van der Waals surface area contributed by atoms with Crippen molar-refractivity contribution in [3.63, 3.8) is 0 Å². The summed E-state index contributed by atoms with van der Waals surface area (Å²) < 4.78 is 0.473. The molecule has 1 fully saturated rings. The van der Waals surface area contributed by atoms with Crippen molar-refractivity contribution >= 4 is 29.1 Å². The van der Waals surface area contributed by atoms with E-state index in [9.17, 15) is 0 Å². The summed E-state index contributed by atoms with van der Waals surface area (Å²) in [6.07, 6.45) is 5.48. The third-order valence-electron chi connectivity index (χ3n) is 3.38. The molecule has 1 aromatic rings. The number of benzene rings is 1. The number of thioether (sulfide) groups is 1. The molecule has 1 nitrogen and oxygen atoms in total. The molecule has 2 aliphatic rings. The Kier molecular flexibility index (Phi) is 2.37. The number of fused-ring (bicyclic) bond motifs is 1. The third-order valence-corrected chi connectivity index (χ3v) is 5.18. The standard InChI is InChI=1S/C12H14ClNS/c13-9-3-4-11-10(7-9)14-8-12(15-11)5-1-2-6-12/h3-4,7,14H,1-2,5-6,8H2. The van der Waals surface area contributed by atoms with Crippen molar-refractivity contribution in [1.82, 2.24) is 0 Å². The van der Waals surface area contributed by atoms with Gasteiger partial charge in [0.05, 0.1) is 0 Å². The van der Waals surface area contributed by atoms with Gasteiger partial charge >= 0.3 is 0 Å². The van der Waals surface area contributed by atoms with Crippen molar-refractivity contribution < 1.29 is 0 Å². The first kappa shape index (κ1) is 9.86. The zero-order chi connectivity index (χ0) is 10.3. The van der Waals surface area contributed by atoms with Crippen molar-refractivity contribution in [3.05, 3.63) is 23.2 Å². The number of anilines is 1. The van der Waals surface area contributed by atoms with E-state index >= 15 is 0 Å². The highest BCUT2D eigenvalue weighted by molar-refractivity contribution is 8.01. The Morgan fingerprint density at radius 1 is 1.27 bits per heavy atom. The molecule has 1 aromatic carbocycles. The first-order chi connectivity index (χ1) is 7.27. The fourth-order valence-corrected chi connectivity index (χ4v) is 4.21. The molecule has 0 unspecified atom stereocenters. The molecule has 0 amide bonds. The minimum absolute atomic E-state index is 0.473. The van der Waals surface area contributed by atoms with Gasteiger partial charge in [-0.1, -0.05) is 24.4 Å². The summed E-state index contributed by atoms with van der Waals surface area (Å²) in [5.41, 5.74) is 1.21. The van der Waals surface area contributed by atoms with Gasteiger partial charge in [0.2, 0.25) is 0 Å². The van der Waals surface area contributed by atoms with Gasteiger partial charge in [-0.25, -0.2) is 0 Å². The van der Waals surface area contributed by atoms with Crippen LogP contribution in [0.15, 0.2) is 23.1 Å². The van der Waals surface area contributed by atoms with Crippen LogP contribution in [-0.4, -0.2) is 11.3 Å². The highest BCUT2D eigenvalue weighted by Gasteiger charge is 2.37. The molecule has 1 aliphatic carbocycles. The molecule has 0 saturated heterocycles. The lowest BCUT2D eigenvalue weighted by Gasteiger charge is -2.34. The van der Waals surface area contributed by atoms with Gasteiger partial charge in [0.1, 0.15) is 0 Å². The average molecular weight is 240 g/mol. The molecule has 0 aromatic heterocycles. The molecule has 1 heterocycles. The molecule has 3 heteroatoms. The van der Waals surface area contributed by atoms with Gasteiger partial charge in [0, 0.05) is 26.9 Å². The molecular weight excluding hydrogens is 226 g/mol. The maximum Gasteiger partial charge on any atom is 0.0494 e. The van der Waals surface area contributed by atoms with E-state index < -0.39 is 0 Å². The van der Waals surface area contributed by atoms with Crippen molar-refractivity contribution in [3.8, 4) is 0 Å². The van der Waals surface area contributed by atoms with E-state index in [-0.39, 0.29) is 0 Å². The first-order valence-electron chi connectivity index (χ1n) is 5.50. The van der Waals surface area contributed by atoms with Crippen LogP contribution in [0, 0.1) is 0 Å². The van der Waals surface area contributed by atoms with Crippen molar-refractivity contribution in [2.45, 2.75) is 35.3 Å². The number of halogens is 1. The van der Waals surface area contributed by atoms with E-state index in [1.165, 1.54) is 36.3 Å². The molecule has 15 heavy (non-hydrogen) atoms. The van der Waals surface area contributed by atoms with Gasteiger partial charge in [0.25, 0.3) is 0 Å². The average Bonchev–Trinajstić information content (AvgIpc) is 2.67. The van der Waals surface area contributed by atoms with Crippen molar-refractivity contribution in [2.24, 2.45) is 0 Å². The molecule has 1 aliphatic heterocycles. The third kappa shape index (κ3) is 1.74. The second-order valence-corrected chi connectivity index (χ2v) is 6.43. The zero-order valence-corrected chi connectivity index (χ0v) is 10.1. The molecular formula is C12H14ClNS. The second kappa shape index (κ2) is 3.60. The van der Waals surface area contributed by atoms with E-state index in [0.29, 0.717) is 4.75 Å². The summed E-state index contributed by atoms with van der Waals surface area (Å²) in [6, 6.07) is 6.17. The summed E-state index contributed by atoms with van der Waals surface area (Å²) in [5.74, 6) is 0. The Hall–Kier alpha value is -0.340. The Morgan fingerprint density at radius 2 is 2.07 bits per heavy atom. The van der Waals surface area contributed by atoms with Gasteiger partial charge in [0.15, 0.2) is 0 Å². The van der Waals surface area contributed by atoms with Gasteiger partial charge in [-0.3, -0.25) is 0 Å². The molecule has 0 bridgehead atoms. The summed E-state index contributed by atoms with van der Waals surface area (Å²) in [5, 5.41) is 4.35. The van der Waals surface area contributed by atoms with Crippen LogP contribution in [0.25, 0.3) is 0 Å². The van der Waals surface area contributed by atoms with E-state index in [1.54, 1.807) is 0 Å². The van der Waals surface area contributed by atoms with Crippen LogP contribution in [0.1, 0.15) is 25.7 Å². The lowest BCUT2D eigenvalue weighted by Crippen LogP contribution is -2.33. The molecule has 80 valence electrons. The molecule has 0 radical (unpaired) electrons. The summed E-state index contributed by atoms with van der Waals surface area (Å²) >= 11 is 8.03. The Balaban J connectivity index is 1.93. The van der Waals surface area contributed by atoms with Crippen LogP contribution < -0.4 is 5.32 Å². The minimum atomic E-state index is 0.473. The summed E-state index contributed by atoms with van der Waals surface area (Å²) in [4.78, 5) is 1.37. The van der Waals surface area contributed by atoms with Crippen LogP contribution in [0.4, 0.5) is 5.69 Å². The molecule has 1 spiro atoms. The highest BCUT2D eigenvalue weighted by atomic mass is 35.5. The van der Waals surface area contributed by atoms with Gasteiger partial charge in [-0.2, -0.15) is 0 Å². The monoisotopic (exact) mass is 239 g/mol. The predicted molar refractivity (Wildman–Crippen MR) is 67.0 cm³/mol. The van der Waals surface area contributed by atoms with E-state index in [2.05, 4.69) is 23.1 Å². The second-order valence-electron chi connectivity index (χ2n) is 4.49. The molecule has 0 atom stereocenters. The Bertz CT molecular complexity index is 385. The fraction of sp³-hybridized carbons (Fsp3) is 0.500. The first-order valence-corrected chi connectivity index (χ1v) is 6.69. The zero-order valence-electron chi connectivity index (χ0n) is 8.55. The highest BCUT2D eigenvalue weighted by Crippen LogP contribution is 2.50. The number of hydrogen-bond acceptors (Lipinski definition) is 2. The molecule has 1 saturated carbocycles. The number of nitrogens with one attached hydrogen (secondary N) is 1. The maximum absolute atomic E-state index is 5.98. The molecule has 3 rings (SSSR count). The molecule has 1 N–H and O–H groups in total. The van der Waals surface area contributed by atoms with Gasteiger partial charge in [-0.05, 0) is 31.0 Å². The van der Waals surface area contributed by atoms with Crippen LogP contribution in [0.3, 0.4) is 0 Å². The van der Waals surface area contributed by atoms with E-state index in [0.717, 1.165) is 11.6 Å². The number of rotatable bonds is 0. The van der Waals surface area contributed by atoms with Gasteiger partial charge in [-0.15, -0.1) is 11.8 Å². The van der Waals surface area contributed by atoms with Crippen molar-refractivity contribution in [1.29, 1.82) is 0 Å². The summed E-state index contributed by atoms with van der Waals surface area (Å²) in [6.45, 7) is 1.10. The Labute approximate surface area is 99.6 Å². The lowest BCUT2D eigenvalue weighted by molar-refractivity contribution is 0.631. The van der Waals surface area contributed by atoms with Crippen molar-refractivity contribution in [2.75, 3.05) is 11.9 Å². The quantitative estimate of drug-likeness (QED) is 0.729. The topological polar surface area (TPSA) is 12.0 Å². The van der Waals surface area contributed by atoms with Crippen LogP contribution in [-0.2, 0) is 0 Å². The Morgan fingerprint density at radius 3 is 2.87 bits per heavy atom. The largest absolute Gasteiger partial charge is 0.383 e. The minimum Gasteiger partial charge on any atom is -0.383 e. The predicted octanol–water partition coefficient (Wildman–Crippen LogP) is 4.17. The number of hydrogen-bond donors (Lipinski definition) is 1. The van der Waals surface area contributed by atoms with Crippen LogP contribution >= 0.6 is 23.4 Å². The van der Waals surface area contributed by atoms with Gasteiger partial charge < -0.3 is 5.32 Å². The SMILES string of the molecule is Clc1ccc2c(c1)NCC1(CCCC1)S2. The van der Waals surface area contributed by atoms with Crippen LogP contribution in [0.2, 0.25) is 5.02 Å². The normalized spacial score (nSPS) is 22.5. The summed E-state index contributed by atoms with van der Waals surface area (Å²) in [7, 11) is 0. The maximum atomic E-state index is 5.98.